The molecule has 13 heavy (non-hydrogen) atoms. The SMILES string of the molecule is Cc1nn[nH]c1-c1ccc(Br)cc1. The van der Waals surface area contributed by atoms with Crippen LogP contribution in [0.1, 0.15) is 5.69 Å². The Kier molecular flexibility index (Phi) is 2.14. The highest BCUT2D eigenvalue weighted by Gasteiger charge is 2.03. The van der Waals surface area contributed by atoms with E-state index in [4.69, 9.17) is 0 Å². The van der Waals surface area contributed by atoms with Crippen LogP contribution in [0.25, 0.3) is 11.3 Å². The van der Waals surface area contributed by atoms with Crippen molar-refractivity contribution in [2.45, 2.75) is 6.92 Å². The summed E-state index contributed by atoms with van der Waals surface area (Å²) in [5.74, 6) is 0. The summed E-state index contributed by atoms with van der Waals surface area (Å²) < 4.78 is 1.07. The molecule has 0 fully saturated rings. The van der Waals surface area contributed by atoms with Crippen LogP contribution < -0.4 is 0 Å². The molecule has 0 spiro atoms. The maximum absolute atomic E-state index is 3.90. The summed E-state index contributed by atoms with van der Waals surface area (Å²) in [5.41, 5.74) is 3.00. The molecule has 66 valence electrons. The quantitative estimate of drug-likeness (QED) is 0.829. The van der Waals surface area contributed by atoms with Crippen LogP contribution in [-0.4, -0.2) is 15.4 Å². The molecule has 0 aliphatic heterocycles. The van der Waals surface area contributed by atoms with Crippen molar-refractivity contribution in [3.05, 3.63) is 34.4 Å². The second-order valence-electron chi connectivity index (χ2n) is 2.78. The molecule has 1 aromatic heterocycles. The maximum atomic E-state index is 3.90. The van der Waals surface area contributed by atoms with Gasteiger partial charge in [-0.2, -0.15) is 0 Å². The van der Waals surface area contributed by atoms with Crippen LogP contribution in [0.2, 0.25) is 0 Å². The lowest BCUT2D eigenvalue weighted by molar-refractivity contribution is 0.929. The molecule has 3 nitrogen and oxygen atoms in total. The number of rotatable bonds is 1. The van der Waals surface area contributed by atoms with E-state index in [1.807, 2.05) is 31.2 Å². The summed E-state index contributed by atoms with van der Waals surface area (Å²) in [6.45, 7) is 1.93. The third-order valence-corrected chi connectivity index (χ3v) is 2.39. The first-order valence-electron chi connectivity index (χ1n) is 3.91. The molecule has 0 unspecified atom stereocenters. The van der Waals surface area contributed by atoms with Gasteiger partial charge in [0, 0.05) is 10.0 Å². The van der Waals surface area contributed by atoms with Crippen LogP contribution >= 0.6 is 15.9 Å². The fourth-order valence-electron chi connectivity index (χ4n) is 1.17. The first-order chi connectivity index (χ1) is 6.27. The van der Waals surface area contributed by atoms with E-state index < -0.39 is 0 Å². The van der Waals surface area contributed by atoms with E-state index in [-0.39, 0.29) is 0 Å². The Bertz CT molecular complexity index is 405. The standard InChI is InChI=1S/C9H8BrN3/c1-6-9(12-13-11-6)7-2-4-8(10)5-3-7/h2-5H,1H3,(H,11,12,13). The number of hydrogen-bond acceptors (Lipinski definition) is 2. The lowest BCUT2D eigenvalue weighted by atomic mass is 10.1. The molecule has 2 aromatic rings. The number of aromatic amines is 1. The van der Waals surface area contributed by atoms with Crippen LogP contribution in [0.4, 0.5) is 0 Å². The molecule has 4 heteroatoms. The normalized spacial score (nSPS) is 10.3. The van der Waals surface area contributed by atoms with Gasteiger partial charge >= 0.3 is 0 Å². The Hall–Kier alpha value is -1.16. The fraction of sp³-hybridized carbons (Fsp3) is 0.111. The number of aromatic nitrogens is 3. The van der Waals surface area contributed by atoms with Crippen molar-refractivity contribution in [2.24, 2.45) is 0 Å². The average Bonchev–Trinajstić information content (AvgIpc) is 2.53. The van der Waals surface area contributed by atoms with Crippen molar-refractivity contribution in [2.75, 3.05) is 0 Å². The Labute approximate surface area is 84.3 Å². The zero-order chi connectivity index (χ0) is 9.26. The minimum Gasteiger partial charge on any atom is -0.257 e. The van der Waals surface area contributed by atoms with E-state index in [9.17, 15) is 0 Å². The third-order valence-electron chi connectivity index (χ3n) is 1.86. The lowest BCUT2D eigenvalue weighted by Gasteiger charge is -1.97. The minimum absolute atomic E-state index is 0.919. The van der Waals surface area contributed by atoms with Gasteiger partial charge in [-0.15, -0.1) is 5.10 Å². The molecule has 0 aliphatic carbocycles. The molecule has 1 heterocycles. The molecule has 0 saturated heterocycles. The van der Waals surface area contributed by atoms with Gasteiger partial charge in [0.25, 0.3) is 0 Å². The Morgan fingerprint density at radius 2 is 1.92 bits per heavy atom. The fourth-order valence-corrected chi connectivity index (χ4v) is 1.44. The van der Waals surface area contributed by atoms with Gasteiger partial charge < -0.3 is 0 Å². The number of nitrogens with zero attached hydrogens (tertiary/aromatic N) is 2. The van der Waals surface area contributed by atoms with E-state index in [1.54, 1.807) is 0 Å². The van der Waals surface area contributed by atoms with Crippen molar-refractivity contribution < 1.29 is 0 Å². The molecule has 0 atom stereocenters. The molecular formula is C9H8BrN3. The van der Waals surface area contributed by atoms with Gasteiger partial charge in [0.2, 0.25) is 0 Å². The molecule has 0 amide bonds. The van der Waals surface area contributed by atoms with Crippen molar-refractivity contribution in [3.63, 3.8) is 0 Å². The van der Waals surface area contributed by atoms with Crippen molar-refractivity contribution >= 4 is 15.9 Å². The molecule has 0 radical (unpaired) electrons. The van der Waals surface area contributed by atoms with E-state index in [0.29, 0.717) is 0 Å². The number of nitrogens with one attached hydrogen (secondary N) is 1. The zero-order valence-electron chi connectivity index (χ0n) is 7.08. The van der Waals surface area contributed by atoms with Gasteiger partial charge in [0.05, 0.1) is 11.4 Å². The largest absolute Gasteiger partial charge is 0.257 e. The summed E-state index contributed by atoms with van der Waals surface area (Å²) in [7, 11) is 0. The second kappa shape index (κ2) is 3.30. The lowest BCUT2D eigenvalue weighted by Crippen LogP contribution is -1.80. The first-order valence-corrected chi connectivity index (χ1v) is 4.70. The van der Waals surface area contributed by atoms with Gasteiger partial charge in [-0.05, 0) is 19.1 Å². The topological polar surface area (TPSA) is 41.6 Å². The van der Waals surface area contributed by atoms with Crippen LogP contribution in [0.5, 0.6) is 0 Å². The maximum Gasteiger partial charge on any atom is 0.0882 e. The molecular weight excluding hydrogens is 230 g/mol. The van der Waals surface area contributed by atoms with Crippen molar-refractivity contribution in [3.8, 4) is 11.3 Å². The molecule has 0 aliphatic rings. The molecule has 2 rings (SSSR count). The number of benzene rings is 1. The van der Waals surface area contributed by atoms with Gasteiger partial charge in [-0.1, -0.05) is 33.3 Å². The predicted octanol–water partition coefficient (Wildman–Crippen LogP) is 2.54. The van der Waals surface area contributed by atoms with Crippen molar-refractivity contribution in [1.82, 2.24) is 15.4 Å². The summed E-state index contributed by atoms with van der Waals surface area (Å²) in [4.78, 5) is 0. The van der Waals surface area contributed by atoms with E-state index >= 15 is 0 Å². The second-order valence-corrected chi connectivity index (χ2v) is 3.69. The average molecular weight is 238 g/mol. The van der Waals surface area contributed by atoms with Gasteiger partial charge in [0.1, 0.15) is 0 Å². The summed E-state index contributed by atoms with van der Waals surface area (Å²) in [6.07, 6.45) is 0. The summed E-state index contributed by atoms with van der Waals surface area (Å²) in [6, 6.07) is 8.03. The minimum atomic E-state index is 0.919. The smallest absolute Gasteiger partial charge is 0.0882 e. The van der Waals surface area contributed by atoms with E-state index in [2.05, 4.69) is 31.3 Å². The monoisotopic (exact) mass is 237 g/mol. The molecule has 0 saturated carbocycles. The Morgan fingerprint density at radius 1 is 1.23 bits per heavy atom. The summed E-state index contributed by atoms with van der Waals surface area (Å²) >= 11 is 3.39. The molecule has 0 bridgehead atoms. The number of halogens is 1. The highest BCUT2D eigenvalue weighted by Crippen LogP contribution is 2.20. The Morgan fingerprint density at radius 3 is 2.46 bits per heavy atom. The highest BCUT2D eigenvalue weighted by atomic mass is 79.9. The van der Waals surface area contributed by atoms with Gasteiger partial charge in [-0.25, -0.2) is 0 Å². The number of hydrogen-bond donors (Lipinski definition) is 1. The van der Waals surface area contributed by atoms with Crippen LogP contribution in [0.3, 0.4) is 0 Å². The zero-order valence-corrected chi connectivity index (χ0v) is 8.67. The number of aryl methyl sites for hydroxylation is 1. The Balaban J connectivity index is 2.47. The molecule has 1 N–H and O–H groups in total. The first kappa shape index (κ1) is 8.44. The number of H-pyrrole nitrogens is 1. The summed E-state index contributed by atoms with van der Waals surface area (Å²) in [5, 5.41) is 10.5. The predicted molar refractivity (Wildman–Crippen MR) is 54.3 cm³/mol. The van der Waals surface area contributed by atoms with Crippen LogP contribution in [0.15, 0.2) is 28.7 Å². The van der Waals surface area contributed by atoms with Gasteiger partial charge in [0.15, 0.2) is 0 Å². The van der Waals surface area contributed by atoms with Gasteiger partial charge in [-0.3, -0.25) is 5.10 Å². The molecule has 1 aromatic carbocycles. The van der Waals surface area contributed by atoms with Crippen LogP contribution in [0, 0.1) is 6.92 Å². The highest BCUT2D eigenvalue weighted by molar-refractivity contribution is 9.10. The van der Waals surface area contributed by atoms with Crippen LogP contribution in [-0.2, 0) is 0 Å². The van der Waals surface area contributed by atoms with E-state index in [1.165, 1.54) is 0 Å². The van der Waals surface area contributed by atoms with E-state index in [0.717, 1.165) is 21.4 Å². The third kappa shape index (κ3) is 1.62. The van der Waals surface area contributed by atoms with Crippen molar-refractivity contribution in [1.29, 1.82) is 0 Å².